The fourth-order valence-corrected chi connectivity index (χ4v) is 5.70. The minimum Gasteiger partial charge on any atom is -0.477 e. The van der Waals surface area contributed by atoms with Crippen molar-refractivity contribution in [2.24, 2.45) is 5.41 Å². The van der Waals surface area contributed by atoms with Gasteiger partial charge in [-0.1, -0.05) is 0 Å². The Morgan fingerprint density at radius 1 is 1.06 bits per heavy atom. The van der Waals surface area contributed by atoms with Gasteiger partial charge in [0.15, 0.2) is 5.69 Å². The minimum absolute atomic E-state index is 0.0116. The molecule has 1 amide bonds. The summed E-state index contributed by atoms with van der Waals surface area (Å²) in [6, 6.07) is 7.15. The number of ether oxygens (including phenoxy) is 1. The van der Waals surface area contributed by atoms with Crippen LogP contribution in [-0.2, 0) is 17.8 Å². The third-order valence-electron chi connectivity index (χ3n) is 7.11. The molecule has 3 aliphatic rings. The van der Waals surface area contributed by atoms with Gasteiger partial charge in [-0.25, -0.2) is 14.4 Å². The first-order chi connectivity index (χ1) is 16.4. The number of carboxylic acid groups (broad SMARTS) is 1. The van der Waals surface area contributed by atoms with Crippen LogP contribution in [0.2, 0.25) is 0 Å². The maximum atomic E-state index is 13.4. The number of hydrogen-bond donors (Lipinski definition) is 1. The van der Waals surface area contributed by atoms with Gasteiger partial charge < -0.3 is 19.6 Å². The number of benzene rings is 1. The van der Waals surface area contributed by atoms with E-state index in [9.17, 15) is 19.5 Å². The highest BCUT2D eigenvalue weighted by atomic mass is 16.6. The Labute approximate surface area is 204 Å². The summed E-state index contributed by atoms with van der Waals surface area (Å²) in [4.78, 5) is 44.5. The Balaban J connectivity index is 1.43. The highest BCUT2D eigenvalue weighted by Gasteiger charge is 2.50. The van der Waals surface area contributed by atoms with Gasteiger partial charge in [0.2, 0.25) is 0 Å². The van der Waals surface area contributed by atoms with Gasteiger partial charge in [0, 0.05) is 43.8 Å². The summed E-state index contributed by atoms with van der Waals surface area (Å²) in [5, 5.41) is 10.1. The van der Waals surface area contributed by atoms with Crippen LogP contribution in [0, 0.1) is 5.41 Å². The monoisotopic (exact) mass is 483 g/mol. The number of fused-ring (bicyclic) bond motifs is 1. The molecule has 2 aromatic rings. The third kappa shape index (κ3) is 3.99. The van der Waals surface area contributed by atoms with Gasteiger partial charge in [-0.05, 0) is 59.0 Å². The Morgan fingerprint density at radius 3 is 2.20 bits per heavy atom. The van der Waals surface area contributed by atoms with E-state index in [4.69, 9.17) is 4.74 Å². The Hall–Kier alpha value is -3.27. The summed E-state index contributed by atoms with van der Waals surface area (Å²) >= 11 is 0. The summed E-state index contributed by atoms with van der Waals surface area (Å²) in [5.41, 5.74) is 1.04. The maximum absolute atomic E-state index is 13.4. The number of imidazole rings is 1. The summed E-state index contributed by atoms with van der Waals surface area (Å²) in [7, 11) is 2.13. The van der Waals surface area contributed by atoms with Crippen LogP contribution in [-0.4, -0.2) is 81.0 Å². The van der Waals surface area contributed by atoms with E-state index in [-0.39, 0.29) is 24.8 Å². The summed E-state index contributed by atoms with van der Waals surface area (Å²) in [6.45, 7) is 11.6. The Morgan fingerprint density at radius 2 is 1.66 bits per heavy atom. The molecule has 1 spiro atoms. The van der Waals surface area contributed by atoms with Gasteiger partial charge >= 0.3 is 17.8 Å². The average molecular weight is 484 g/mol. The molecule has 2 saturated heterocycles. The number of carboxylic acids is 1. The SMILES string of the molecule is CC1Cn2c(c(C(=O)O)n(-c3ccc(N4CC5(CN(C)C5)C4)cc3)c2=O)CN1C(=O)OC(C)(C)C. The van der Waals surface area contributed by atoms with Gasteiger partial charge in [0.25, 0.3) is 0 Å². The topological polar surface area (TPSA) is 100 Å². The molecule has 1 atom stereocenters. The Kier molecular flexibility index (Phi) is 5.28. The molecule has 10 nitrogen and oxygen atoms in total. The van der Waals surface area contributed by atoms with E-state index in [2.05, 4.69) is 16.8 Å². The predicted molar refractivity (Wildman–Crippen MR) is 130 cm³/mol. The lowest BCUT2D eigenvalue weighted by molar-refractivity contribution is -0.00239. The van der Waals surface area contributed by atoms with Crippen LogP contribution in [0.25, 0.3) is 5.69 Å². The number of amides is 1. The number of hydrogen-bond acceptors (Lipinski definition) is 6. The quantitative estimate of drug-likeness (QED) is 0.715. The fraction of sp³-hybridized carbons (Fsp3) is 0.560. The van der Waals surface area contributed by atoms with Crippen LogP contribution in [0.5, 0.6) is 0 Å². The summed E-state index contributed by atoms with van der Waals surface area (Å²) in [5.74, 6) is -1.21. The molecule has 2 fully saturated rings. The molecule has 188 valence electrons. The summed E-state index contributed by atoms with van der Waals surface area (Å²) < 4.78 is 8.22. The average Bonchev–Trinajstić information content (AvgIpc) is 3.00. The van der Waals surface area contributed by atoms with E-state index in [0.717, 1.165) is 31.9 Å². The fourth-order valence-electron chi connectivity index (χ4n) is 5.70. The lowest BCUT2D eigenvalue weighted by atomic mass is 9.73. The van der Waals surface area contributed by atoms with E-state index in [0.29, 0.717) is 16.8 Å². The Bertz CT molecular complexity index is 1220. The highest BCUT2D eigenvalue weighted by molar-refractivity contribution is 5.88. The van der Waals surface area contributed by atoms with E-state index < -0.39 is 23.4 Å². The van der Waals surface area contributed by atoms with E-state index >= 15 is 0 Å². The van der Waals surface area contributed by atoms with Crippen LogP contribution < -0.4 is 10.6 Å². The number of aromatic carboxylic acids is 1. The number of aromatic nitrogens is 2. The molecule has 5 rings (SSSR count). The lowest BCUT2D eigenvalue weighted by Crippen LogP contribution is -2.71. The van der Waals surface area contributed by atoms with Crippen LogP contribution in [0.15, 0.2) is 29.1 Å². The standard InChI is InChI=1S/C25H33N5O5/c1-16-10-29-19(11-28(16)23(34)35-24(2,3)4)20(21(31)32)30(22(29)33)18-8-6-17(7-9-18)27-14-25(15-27)12-26(5)13-25/h6-9,16H,10-15H2,1-5H3,(H,31,32). The van der Waals surface area contributed by atoms with E-state index in [1.807, 2.05) is 19.1 Å². The van der Waals surface area contributed by atoms with Crippen molar-refractivity contribution in [2.45, 2.75) is 52.4 Å². The molecule has 1 N–H and O–H groups in total. The second kappa shape index (κ2) is 7.87. The second-order valence-electron chi connectivity index (χ2n) is 11.3. The number of anilines is 1. The largest absolute Gasteiger partial charge is 0.477 e. The predicted octanol–water partition coefficient (Wildman–Crippen LogP) is 2.23. The molecule has 1 aromatic carbocycles. The normalized spacial score (nSPS) is 21.3. The molecular formula is C25H33N5O5. The van der Waals surface area contributed by atoms with Crippen molar-refractivity contribution in [3.05, 3.63) is 46.1 Å². The van der Waals surface area contributed by atoms with E-state index in [1.54, 1.807) is 32.9 Å². The first kappa shape index (κ1) is 23.5. The van der Waals surface area contributed by atoms with Crippen molar-refractivity contribution >= 4 is 17.7 Å². The molecule has 0 radical (unpaired) electrons. The number of likely N-dealkylation sites (tertiary alicyclic amines) is 1. The van der Waals surface area contributed by atoms with E-state index in [1.165, 1.54) is 14.0 Å². The van der Waals surface area contributed by atoms with Crippen molar-refractivity contribution in [1.29, 1.82) is 0 Å². The van der Waals surface area contributed by atoms with Crippen LogP contribution >= 0.6 is 0 Å². The molecular weight excluding hydrogens is 450 g/mol. The first-order valence-corrected chi connectivity index (χ1v) is 12.0. The number of carbonyl (C=O) groups excluding carboxylic acids is 1. The van der Waals surface area contributed by atoms with Gasteiger partial charge in [-0.15, -0.1) is 0 Å². The molecule has 10 heteroatoms. The third-order valence-corrected chi connectivity index (χ3v) is 7.11. The number of nitrogens with zero attached hydrogens (tertiary/aromatic N) is 5. The smallest absolute Gasteiger partial charge is 0.410 e. The van der Waals surface area contributed by atoms with Crippen LogP contribution in [0.1, 0.15) is 43.9 Å². The number of carbonyl (C=O) groups is 2. The highest BCUT2D eigenvalue weighted by Crippen LogP contribution is 2.41. The maximum Gasteiger partial charge on any atom is 0.410 e. The molecule has 3 aliphatic heterocycles. The molecule has 0 saturated carbocycles. The van der Waals surface area contributed by atoms with Crippen molar-refractivity contribution < 1.29 is 19.4 Å². The molecule has 4 heterocycles. The van der Waals surface area contributed by atoms with Crippen molar-refractivity contribution in [1.82, 2.24) is 18.9 Å². The first-order valence-electron chi connectivity index (χ1n) is 12.0. The molecule has 35 heavy (non-hydrogen) atoms. The van der Waals surface area contributed by atoms with Crippen molar-refractivity contribution in [3.8, 4) is 5.69 Å². The summed E-state index contributed by atoms with van der Waals surface area (Å²) in [6.07, 6.45) is -0.526. The van der Waals surface area contributed by atoms with Crippen molar-refractivity contribution in [2.75, 3.05) is 38.1 Å². The molecule has 1 aromatic heterocycles. The molecule has 0 bridgehead atoms. The zero-order chi connectivity index (χ0) is 25.3. The number of rotatable bonds is 3. The van der Waals surface area contributed by atoms with Gasteiger partial charge in [0.1, 0.15) is 5.60 Å². The minimum atomic E-state index is -1.21. The van der Waals surface area contributed by atoms with Gasteiger partial charge in [-0.3, -0.25) is 14.0 Å². The molecule has 0 aliphatic carbocycles. The van der Waals surface area contributed by atoms with Crippen LogP contribution in [0.3, 0.4) is 0 Å². The van der Waals surface area contributed by atoms with Crippen molar-refractivity contribution in [3.63, 3.8) is 0 Å². The van der Waals surface area contributed by atoms with Gasteiger partial charge in [0.05, 0.1) is 24.0 Å². The lowest BCUT2D eigenvalue weighted by Gasteiger charge is -2.60. The van der Waals surface area contributed by atoms with Gasteiger partial charge in [-0.2, -0.15) is 0 Å². The zero-order valence-corrected chi connectivity index (χ0v) is 20.9. The molecule has 1 unspecified atom stereocenters. The zero-order valence-electron chi connectivity index (χ0n) is 20.9. The second-order valence-corrected chi connectivity index (χ2v) is 11.3. The van der Waals surface area contributed by atoms with Crippen LogP contribution in [0.4, 0.5) is 10.5 Å².